The van der Waals surface area contributed by atoms with E-state index in [2.05, 4.69) is 27.2 Å². The molecular weight excluding hydrogens is 262 g/mol. The molecule has 0 amide bonds. The van der Waals surface area contributed by atoms with E-state index >= 15 is 0 Å². The lowest BCUT2D eigenvalue weighted by atomic mass is 10.1. The van der Waals surface area contributed by atoms with Gasteiger partial charge in [0.25, 0.3) is 0 Å². The molecular formula is C14H18ClN3O. The van der Waals surface area contributed by atoms with Crippen molar-refractivity contribution in [2.45, 2.75) is 12.8 Å². The first-order chi connectivity index (χ1) is 9.33. The van der Waals surface area contributed by atoms with Crippen LogP contribution in [0.2, 0.25) is 5.15 Å². The lowest BCUT2D eigenvalue weighted by Crippen LogP contribution is -2.36. The van der Waals surface area contributed by atoms with Crippen molar-refractivity contribution in [3.05, 3.63) is 28.9 Å². The fourth-order valence-electron chi connectivity index (χ4n) is 2.51. The number of nitrogens with one attached hydrogen (secondary N) is 1. The van der Waals surface area contributed by atoms with Gasteiger partial charge in [0, 0.05) is 18.5 Å². The number of aryl methyl sites for hydroxylation is 1. The summed E-state index contributed by atoms with van der Waals surface area (Å²) in [6.07, 6.45) is 2.25. The predicted molar refractivity (Wildman–Crippen MR) is 76.7 cm³/mol. The third-order valence-electron chi connectivity index (χ3n) is 3.62. The molecule has 1 aromatic carbocycles. The molecule has 4 nitrogen and oxygen atoms in total. The van der Waals surface area contributed by atoms with Crippen molar-refractivity contribution < 1.29 is 4.74 Å². The van der Waals surface area contributed by atoms with Gasteiger partial charge in [0.15, 0.2) is 0 Å². The maximum absolute atomic E-state index is 6.06. The average molecular weight is 280 g/mol. The van der Waals surface area contributed by atoms with Crippen LogP contribution in [0, 0.1) is 0 Å². The summed E-state index contributed by atoms with van der Waals surface area (Å²) in [5.41, 5.74) is 2.26. The number of aromatic amines is 1. The van der Waals surface area contributed by atoms with Gasteiger partial charge < -0.3 is 4.74 Å². The van der Waals surface area contributed by atoms with Crippen molar-refractivity contribution in [2.75, 3.05) is 32.8 Å². The first-order valence-electron chi connectivity index (χ1n) is 6.75. The Bertz CT molecular complexity index is 549. The second-order valence-corrected chi connectivity index (χ2v) is 5.32. The molecule has 0 bridgehead atoms. The normalized spacial score (nSPS) is 17.1. The number of hydrogen-bond acceptors (Lipinski definition) is 3. The smallest absolute Gasteiger partial charge is 0.132 e. The SMILES string of the molecule is Clc1[nH]nc2ccc(CCCN3CCOCC3)cc12. The quantitative estimate of drug-likeness (QED) is 0.935. The highest BCUT2D eigenvalue weighted by Crippen LogP contribution is 2.22. The molecule has 0 atom stereocenters. The molecule has 1 N–H and O–H groups in total. The van der Waals surface area contributed by atoms with Crippen LogP contribution in [0.15, 0.2) is 18.2 Å². The van der Waals surface area contributed by atoms with Gasteiger partial charge in [0.1, 0.15) is 5.15 Å². The highest BCUT2D eigenvalue weighted by molar-refractivity contribution is 6.34. The van der Waals surface area contributed by atoms with Crippen LogP contribution in [0.3, 0.4) is 0 Å². The predicted octanol–water partition coefficient (Wildman–Crippen LogP) is 2.48. The molecule has 1 fully saturated rings. The van der Waals surface area contributed by atoms with E-state index in [4.69, 9.17) is 16.3 Å². The van der Waals surface area contributed by atoms with Crippen LogP contribution < -0.4 is 0 Å². The van der Waals surface area contributed by atoms with Crippen molar-refractivity contribution in [3.8, 4) is 0 Å². The van der Waals surface area contributed by atoms with E-state index < -0.39 is 0 Å². The minimum absolute atomic E-state index is 0.630. The molecule has 2 heterocycles. The second kappa shape index (κ2) is 5.90. The monoisotopic (exact) mass is 279 g/mol. The highest BCUT2D eigenvalue weighted by Gasteiger charge is 2.10. The number of rotatable bonds is 4. The molecule has 102 valence electrons. The topological polar surface area (TPSA) is 41.2 Å². The molecule has 1 aromatic heterocycles. The van der Waals surface area contributed by atoms with Crippen LogP contribution in [0.5, 0.6) is 0 Å². The largest absolute Gasteiger partial charge is 0.379 e. The Balaban J connectivity index is 1.57. The van der Waals surface area contributed by atoms with E-state index in [0.717, 1.165) is 50.2 Å². The third kappa shape index (κ3) is 3.08. The Labute approximate surface area is 117 Å². The van der Waals surface area contributed by atoms with Crippen LogP contribution in [-0.2, 0) is 11.2 Å². The maximum Gasteiger partial charge on any atom is 0.132 e. The van der Waals surface area contributed by atoms with E-state index in [1.165, 1.54) is 12.0 Å². The number of H-pyrrole nitrogens is 1. The minimum Gasteiger partial charge on any atom is -0.379 e. The number of aromatic nitrogens is 2. The molecule has 2 aromatic rings. The van der Waals surface area contributed by atoms with Crippen molar-refractivity contribution in [3.63, 3.8) is 0 Å². The summed E-state index contributed by atoms with van der Waals surface area (Å²) >= 11 is 6.06. The molecule has 1 aliphatic rings. The van der Waals surface area contributed by atoms with E-state index in [0.29, 0.717) is 5.15 Å². The first kappa shape index (κ1) is 12.9. The number of morpholine rings is 1. The maximum atomic E-state index is 6.06. The Morgan fingerprint density at radius 1 is 1.32 bits per heavy atom. The van der Waals surface area contributed by atoms with Crippen molar-refractivity contribution >= 4 is 22.5 Å². The van der Waals surface area contributed by atoms with Crippen LogP contribution in [0.1, 0.15) is 12.0 Å². The summed E-state index contributed by atoms with van der Waals surface area (Å²) in [6.45, 7) is 5.01. The van der Waals surface area contributed by atoms with Crippen molar-refractivity contribution in [1.29, 1.82) is 0 Å². The molecule has 0 saturated carbocycles. The number of hydrogen-bond donors (Lipinski definition) is 1. The molecule has 0 radical (unpaired) electrons. The van der Waals surface area contributed by atoms with E-state index in [1.54, 1.807) is 0 Å². The van der Waals surface area contributed by atoms with E-state index in [9.17, 15) is 0 Å². The van der Waals surface area contributed by atoms with E-state index in [1.807, 2.05) is 6.07 Å². The van der Waals surface area contributed by atoms with Gasteiger partial charge in [-0.3, -0.25) is 10.00 Å². The average Bonchev–Trinajstić information content (AvgIpc) is 2.82. The van der Waals surface area contributed by atoms with Gasteiger partial charge in [-0.2, -0.15) is 5.10 Å². The fourth-order valence-corrected chi connectivity index (χ4v) is 2.71. The molecule has 1 aliphatic heterocycles. The molecule has 5 heteroatoms. The summed E-state index contributed by atoms with van der Waals surface area (Å²) in [6, 6.07) is 6.31. The van der Waals surface area contributed by atoms with E-state index in [-0.39, 0.29) is 0 Å². The third-order valence-corrected chi connectivity index (χ3v) is 3.90. The van der Waals surface area contributed by atoms with Crippen molar-refractivity contribution in [1.82, 2.24) is 15.1 Å². The lowest BCUT2D eigenvalue weighted by molar-refractivity contribution is 0.0375. The number of fused-ring (bicyclic) bond motifs is 1. The van der Waals surface area contributed by atoms with Gasteiger partial charge in [-0.1, -0.05) is 17.7 Å². The zero-order valence-electron chi connectivity index (χ0n) is 10.9. The van der Waals surface area contributed by atoms with Gasteiger partial charge in [-0.05, 0) is 37.1 Å². The summed E-state index contributed by atoms with van der Waals surface area (Å²) in [5, 5.41) is 8.59. The van der Waals surface area contributed by atoms with Gasteiger partial charge in [-0.15, -0.1) is 0 Å². The Kier molecular flexibility index (Phi) is 4.01. The lowest BCUT2D eigenvalue weighted by Gasteiger charge is -2.26. The zero-order valence-corrected chi connectivity index (χ0v) is 11.6. The molecule has 3 rings (SSSR count). The Hall–Kier alpha value is -1.10. The van der Waals surface area contributed by atoms with Crippen LogP contribution >= 0.6 is 11.6 Å². The van der Waals surface area contributed by atoms with Crippen LogP contribution in [0.25, 0.3) is 10.9 Å². The Morgan fingerprint density at radius 3 is 3.00 bits per heavy atom. The summed E-state index contributed by atoms with van der Waals surface area (Å²) < 4.78 is 5.35. The zero-order chi connectivity index (χ0) is 13.1. The van der Waals surface area contributed by atoms with Gasteiger partial charge in [0.05, 0.1) is 18.7 Å². The standard InChI is InChI=1S/C14H18ClN3O/c15-14-12-10-11(3-4-13(12)16-17-14)2-1-5-18-6-8-19-9-7-18/h3-4,10H,1-2,5-9H2,(H,16,17). The summed E-state index contributed by atoms with van der Waals surface area (Å²) in [7, 11) is 0. The molecule has 0 spiro atoms. The summed E-state index contributed by atoms with van der Waals surface area (Å²) in [4.78, 5) is 2.47. The van der Waals surface area contributed by atoms with Crippen molar-refractivity contribution in [2.24, 2.45) is 0 Å². The fraction of sp³-hybridized carbons (Fsp3) is 0.500. The highest BCUT2D eigenvalue weighted by atomic mass is 35.5. The number of benzene rings is 1. The molecule has 1 saturated heterocycles. The molecule has 0 aliphatic carbocycles. The van der Waals surface area contributed by atoms with Gasteiger partial charge in [-0.25, -0.2) is 0 Å². The minimum atomic E-state index is 0.630. The molecule has 0 unspecified atom stereocenters. The molecule has 19 heavy (non-hydrogen) atoms. The number of ether oxygens (including phenoxy) is 1. The first-order valence-corrected chi connectivity index (χ1v) is 7.13. The number of nitrogens with zero attached hydrogens (tertiary/aromatic N) is 2. The summed E-state index contributed by atoms with van der Waals surface area (Å²) in [5.74, 6) is 0. The van der Waals surface area contributed by atoms with Crippen LogP contribution in [-0.4, -0.2) is 47.9 Å². The van der Waals surface area contributed by atoms with Crippen LogP contribution in [0.4, 0.5) is 0 Å². The van der Waals surface area contributed by atoms with Gasteiger partial charge >= 0.3 is 0 Å². The Morgan fingerprint density at radius 2 is 2.16 bits per heavy atom. The second-order valence-electron chi connectivity index (χ2n) is 4.95. The number of halogens is 1. The van der Waals surface area contributed by atoms with Gasteiger partial charge in [0.2, 0.25) is 0 Å².